The second-order valence-electron chi connectivity index (χ2n) is 4.09. The quantitative estimate of drug-likeness (QED) is 0.753. The summed E-state index contributed by atoms with van der Waals surface area (Å²) in [6.45, 7) is 3.11. The molecule has 3 N–H and O–H groups in total. The fourth-order valence-electron chi connectivity index (χ4n) is 1.63. The van der Waals surface area contributed by atoms with E-state index in [1.54, 1.807) is 6.07 Å². The number of nitrogens with two attached hydrogens (primary N) is 1. The average molecular weight is 211 g/mol. The van der Waals surface area contributed by atoms with Crippen LogP contribution in [0.15, 0.2) is 18.2 Å². The first-order valence-electron chi connectivity index (χ1n) is 4.93. The first-order valence-corrected chi connectivity index (χ1v) is 5.31. The van der Waals surface area contributed by atoms with Crippen molar-refractivity contribution in [3.63, 3.8) is 0 Å². The molecule has 2 nitrogen and oxygen atoms in total. The molecule has 3 heteroatoms. The van der Waals surface area contributed by atoms with Gasteiger partial charge in [0.25, 0.3) is 0 Å². The summed E-state index contributed by atoms with van der Waals surface area (Å²) in [4.78, 5) is 0. The summed E-state index contributed by atoms with van der Waals surface area (Å²) < 4.78 is 0. The summed E-state index contributed by atoms with van der Waals surface area (Å²) >= 11 is 5.90. The van der Waals surface area contributed by atoms with Crippen molar-refractivity contribution in [1.82, 2.24) is 5.32 Å². The van der Waals surface area contributed by atoms with E-state index in [2.05, 4.69) is 12.2 Å². The highest BCUT2D eigenvalue weighted by Crippen LogP contribution is 2.29. The monoisotopic (exact) mass is 210 g/mol. The van der Waals surface area contributed by atoms with Gasteiger partial charge in [0.1, 0.15) is 0 Å². The minimum atomic E-state index is 0.690. The van der Waals surface area contributed by atoms with Crippen LogP contribution >= 0.6 is 11.6 Å². The van der Waals surface area contributed by atoms with Crippen LogP contribution in [0.5, 0.6) is 0 Å². The molecule has 2 atom stereocenters. The van der Waals surface area contributed by atoms with Crippen molar-refractivity contribution >= 4 is 17.3 Å². The summed E-state index contributed by atoms with van der Waals surface area (Å²) in [5, 5.41) is 4.18. The van der Waals surface area contributed by atoms with E-state index in [-0.39, 0.29) is 0 Å². The van der Waals surface area contributed by atoms with Gasteiger partial charge in [-0.2, -0.15) is 0 Å². The Morgan fingerprint density at radius 1 is 1.50 bits per heavy atom. The molecule has 1 aliphatic carbocycles. The average Bonchev–Trinajstić information content (AvgIpc) is 2.77. The SMILES string of the molecule is CC1CC1NCc1cc(N)cc(Cl)c1. The lowest BCUT2D eigenvalue weighted by atomic mass is 10.2. The maximum atomic E-state index is 5.90. The van der Waals surface area contributed by atoms with Crippen LogP contribution in [0.25, 0.3) is 0 Å². The Hall–Kier alpha value is -0.730. The second-order valence-corrected chi connectivity index (χ2v) is 4.53. The Morgan fingerprint density at radius 3 is 2.79 bits per heavy atom. The van der Waals surface area contributed by atoms with Gasteiger partial charge in [0.2, 0.25) is 0 Å². The van der Waals surface area contributed by atoms with Gasteiger partial charge in [0.05, 0.1) is 0 Å². The summed E-state index contributed by atoms with van der Waals surface area (Å²) in [6.07, 6.45) is 1.29. The summed E-state index contributed by atoms with van der Waals surface area (Å²) in [5.74, 6) is 0.825. The molecule has 1 aliphatic rings. The Balaban J connectivity index is 1.95. The topological polar surface area (TPSA) is 38.0 Å². The third-order valence-electron chi connectivity index (χ3n) is 2.66. The summed E-state index contributed by atoms with van der Waals surface area (Å²) in [6, 6.07) is 6.38. The van der Waals surface area contributed by atoms with Crippen LogP contribution in [0.1, 0.15) is 18.9 Å². The lowest BCUT2D eigenvalue weighted by Crippen LogP contribution is -2.17. The predicted molar refractivity (Wildman–Crippen MR) is 60.3 cm³/mol. The zero-order valence-corrected chi connectivity index (χ0v) is 9.01. The highest BCUT2D eigenvalue weighted by Gasteiger charge is 2.31. The van der Waals surface area contributed by atoms with Gasteiger partial charge in [0, 0.05) is 23.3 Å². The second kappa shape index (κ2) is 3.79. The molecule has 1 aromatic rings. The number of rotatable bonds is 3. The number of halogens is 1. The van der Waals surface area contributed by atoms with Crippen LogP contribution in [0, 0.1) is 5.92 Å². The third-order valence-corrected chi connectivity index (χ3v) is 2.88. The van der Waals surface area contributed by atoms with Gasteiger partial charge in [-0.25, -0.2) is 0 Å². The summed E-state index contributed by atoms with van der Waals surface area (Å²) in [7, 11) is 0. The molecule has 1 aromatic carbocycles. The Kier molecular flexibility index (Phi) is 2.66. The minimum Gasteiger partial charge on any atom is -0.399 e. The Labute approximate surface area is 89.4 Å². The molecule has 2 rings (SSSR count). The standard InChI is InChI=1S/C11H15ClN2/c1-7-2-11(7)14-6-8-3-9(12)5-10(13)4-8/h3-5,7,11,14H,2,6,13H2,1H3. The molecule has 1 saturated carbocycles. The molecule has 0 bridgehead atoms. The molecule has 76 valence electrons. The van der Waals surface area contributed by atoms with Crippen LogP contribution < -0.4 is 11.1 Å². The molecule has 0 radical (unpaired) electrons. The van der Waals surface area contributed by atoms with Crippen molar-refractivity contribution in [3.05, 3.63) is 28.8 Å². The van der Waals surface area contributed by atoms with Gasteiger partial charge >= 0.3 is 0 Å². The third kappa shape index (κ3) is 2.40. The van der Waals surface area contributed by atoms with Gasteiger partial charge < -0.3 is 11.1 Å². The van der Waals surface area contributed by atoms with Crippen molar-refractivity contribution < 1.29 is 0 Å². The van der Waals surface area contributed by atoms with Crippen molar-refractivity contribution in [2.24, 2.45) is 5.92 Å². The van der Waals surface area contributed by atoms with Crippen molar-refractivity contribution in [2.45, 2.75) is 25.9 Å². The van der Waals surface area contributed by atoms with Gasteiger partial charge in [-0.05, 0) is 36.1 Å². The smallest absolute Gasteiger partial charge is 0.0429 e. The molecule has 0 aliphatic heterocycles. The number of hydrogen-bond acceptors (Lipinski definition) is 2. The lowest BCUT2D eigenvalue weighted by molar-refractivity contribution is 0.653. The molecule has 2 unspecified atom stereocenters. The van der Waals surface area contributed by atoms with E-state index in [0.717, 1.165) is 23.7 Å². The summed E-state index contributed by atoms with van der Waals surface area (Å²) in [5.41, 5.74) is 7.59. The maximum Gasteiger partial charge on any atom is 0.0429 e. The van der Waals surface area contributed by atoms with E-state index in [1.807, 2.05) is 12.1 Å². The molecule has 0 heterocycles. The largest absolute Gasteiger partial charge is 0.399 e. The van der Waals surface area contributed by atoms with Crippen LogP contribution in [-0.2, 0) is 6.54 Å². The van der Waals surface area contributed by atoms with Crippen molar-refractivity contribution in [3.8, 4) is 0 Å². The zero-order valence-electron chi connectivity index (χ0n) is 8.26. The number of benzene rings is 1. The normalized spacial score (nSPS) is 25.0. The lowest BCUT2D eigenvalue weighted by Gasteiger charge is -2.05. The number of nitrogens with one attached hydrogen (secondary N) is 1. The van der Waals surface area contributed by atoms with E-state index in [4.69, 9.17) is 17.3 Å². The molecular formula is C11H15ClN2. The van der Waals surface area contributed by atoms with E-state index >= 15 is 0 Å². The molecular weight excluding hydrogens is 196 g/mol. The molecule has 0 amide bonds. The minimum absolute atomic E-state index is 0.690. The number of hydrogen-bond donors (Lipinski definition) is 2. The van der Waals surface area contributed by atoms with Crippen molar-refractivity contribution in [2.75, 3.05) is 5.73 Å². The predicted octanol–water partition coefficient (Wildman–Crippen LogP) is 2.42. The van der Waals surface area contributed by atoms with Gasteiger partial charge in [-0.1, -0.05) is 18.5 Å². The van der Waals surface area contributed by atoms with E-state index < -0.39 is 0 Å². The van der Waals surface area contributed by atoms with Crippen LogP contribution in [0.2, 0.25) is 5.02 Å². The van der Waals surface area contributed by atoms with Gasteiger partial charge in [-0.3, -0.25) is 0 Å². The van der Waals surface area contributed by atoms with Crippen LogP contribution in [-0.4, -0.2) is 6.04 Å². The molecule has 1 fully saturated rings. The van der Waals surface area contributed by atoms with Crippen LogP contribution in [0.3, 0.4) is 0 Å². The molecule has 0 spiro atoms. The first-order chi connectivity index (χ1) is 6.65. The van der Waals surface area contributed by atoms with Crippen molar-refractivity contribution in [1.29, 1.82) is 0 Å². The molecule has 14 heavy (non-hydrogen) atoms. The van der Waals surface area contributed by atoms with E-state index in [9.17, 15) is 0 Å². The molecule has 0 aromatic heterocycles. The van der Waals surface area contributed by atoms with Crippen LogP contribution in [0.4, 0.5) is 5.69 Å². The maximum absolute atomic E-state index is 5.90. The number of nitrogen functional groups attached to an aromatic ring is 1. The Bertz CT molecular complexity index is 318. The Morgan fingerprint density at radius 2 is 2.21 bits per heavy atom. The highest BCUT2D eigenvalue weighted by molar-refractivity contribution is 6.30. The highest BCUT2D eigenvalue weighted by atomic mass is 35.5. The van der Waals surface area contributed by atoms with E-state index in [0.29, 0.717) is 11.1 Å². The molecule has 0 saturated heterocycles. The van der Waals surface area contributed by atoms with Gasteiger partial charge in [0.15, 0.2) is 0 Å². The zero-order chi connectivity index (χ0) is 10.1. The number of anilines is 1. The first kappa shape index (κ1) is 9.81. The van der Waals surface area contributed by atoms with E-state index in [1.165, 1.54) is 6.42 Å². The fourth-order valence-corrected chi connectivity index (χ4v) is 1.90. The fraction of sp³-hybridized carbons (Fsp3) is 0.455. The van der Waals surface area contributed by atoms with Gasteiger partial charge in [-0.15, -0.1) is 0 Å².